The first-order chi connectivity index (χ1) is 12.9. The van der Waals surface area contributed by atoms with Crippen molar-refractivity contribution in [3.63, 3.8) is 0 Å². The zero-order chi connectivity index (χ0) is 19.6. The lowest BCUT2D eigenvalue weighted by molar-refractivity contribution is -0.140. The monoisotopic (exact) mass is 429 g/mol. The fourth-order valence-corrected chi connectivity index (χ4v) is 3.47. The van der Waals surface area contributed by atoms with E-state index in [1.165, 1.54) is 4.90 Å². The summed E-state index contributed by atoms with van der Waals surface area (Å²) < 4.78 is 0.872. The average molecular weight is 430 g/mol. The van der Waals surface area contributed by atoms with Crippen LogP contribution in [0.1, 0.15) is 29.2 Å². The SMILES string of the molecule is Cc1ccc(/C(O)=C2\C(=O)C(=O)N(CCCO)[C@@H]2c2ccc(Br)cc2)cc1. The van der Waals surface area contributed by atoms with Gasteiger partial charge in [-0.3, -0.25) is 9.59 Å². The van der Waals surface area contributed by atoms with E-state index in [1.54, 1.807) is 12.1 Å². The van der Waals surface area contributed by atoms with Crippen molar-refractivity contribution in [3.8, 4) is 0 Å². The van der Waals surface area contributed by atoms with Gasteiger partial charge in [-0.2, -0.15) is 0 Å². The molecule has 1 aliphatic heterocycles. The van der Waals surface area contributed by atoms with Crippen molar-refractivity contribution in [2.75, 3.05) is 13.2 Å². The summed E-state index contributed by atoms with van der Waals surface area (Å²) in [6.45, 7) is 2.07. The van der Waals surface area contributed by atoms with E-state index in [1.807, 2.05) is 43.3 Å². The molecule has 1 aliphatic rings. The molecule has 3 rings (SSSR count). The second-order valence-electron chi connectivity index (χ2n) is 6.49. The molecule has 0 unspecified atom stereocenters. The third kappa shape index (κ3) is 3.82. The van der Waals surface area contributed by atoms with E-state index < -0.39 is 17.7 Å². The topological polar surface area (TPSA) is 77.8 Å². The molecular weight excluding hydrogens is 410 g/mol. The van der Waals surface area contributed by atoms with Crippen LogP contribution in [0.2, 0.25) is 0 Å². The Morgan fingerprint density at radius 3 is 2.30 bits per heavy atom. The molecule has 0 aromatic heterocycles. The van der Waals surface area contributed by atoms with E-state index in [0.717, 1.165) is 15.6 Å². The Morgan fingerprint density at radius 2 is 1.70 bits per heavy atom. The maximum Gasteiger partial charge on any atom is 0.295 e. The number of aliphatic hydroxyl groups is 2. The summed E-state index contributed by atoms with van der Waals surface area (Å²) in [5.41, 5.74) is 2.32. The largest absolute Gasteiger partial charge is 0.507 e. The Labute approximate surface area is 166 Å². The minimum Gasteiger partial charge on any atom is -0.507 e. The number of nitrogens with zero attached hydrogens (tertiary/aromatic N) is 1. The molecule has 0 aliphatic carbocycles. The van der Waals surface area contributed by atoms with Crippen molar-refractivity contribution < 1.29 is 19.8 Å². The van der Waals surface area contributed by atoms with Gasteiger partial charge in [0.2, 0.25) is 0 Å². The molecule has 0 radical (unpaired) electrons. The van der Waals surface area contributed by atoms with E-state index >= 15 is 0 Å². The van der Waals surface area contributed by atoms with Crippen LogP contribution >= 0.6 is 15.9 Å². The van der Waals surface area contributed by atoms with E-state index in [4.69, 9.17) is 5.11 Å². The van der Waals surface area contributed by atoms with Gasteiger partial charge in [0.15, 0.2) is 0 Å². The van der Waals surface area contributed by atoms with Gasteiger partial charge in [-0.05, 0) is 31.0 Å². The minimum absolute atomic E-state index is 0.0733. The molecule has 1 atom stereocenters. The summed E-state index contributed by atoms with van der Waals surface area (Å²) in [5.74, 6) is -1.56. The van der Waals surface area contributed by atoms with Crippen LogP contribution in [0.4, 0.5) is 0 Å². The number of Topliss-reactive ketones (excluding diaryl/α,β-unsaturated/α-hetero) is 1. The highest BCUT2D eigenvalue weighted by atomic mass is 79.9. The van der Waals surface area contributed by atoms with Gasteiger partial charge in [0.1, 0.15) is 5.76 Å². The van der Waals surface area contributed by atoms with Gasteiger partial charge in [-0.15, -0.1) is 0 Å². The Hall–Kier alpha value is -2.44. The molecule has 1 saturated heterocycles. The number of aryl methyl sites for hydroxylation is 1. The Morgan fingerprint density at radius 1 is 1.07 bits per heavy atom. The third-order valence-electron chi connectivity index (χ3n) is 4.61. The molecule has 6 heteroatoms. The molecule has 27 heavy (non-hydrogen) atoms. The number of likely N-dealkylation sites (tertiary alicyclic amines) is 1. The zero-order valence-electron chi connectivity index (χ0n) is 14.9. The summed E-state index contributed by atoms with van der Waals surface area (Å²) in [4.78, 5) is 26.8. The van der Waals surface area contributed by atoms with Crippen LogP contribution < -0.4 is 0 Å². The molecule has 2 N–H and O–H groups in total. The van der Waals surface area contributed by atoms with Crippen molar-refractivity contribution in [3.05, 3.63) is 75.3 Å². The second kappa shape index (κ2) is 8.06. The molecule has 1 heterocycles. The zero-order valence-corrected chi connectivity index (χ0v) is 16.4. The maximum absolute atomic E-state index is 12.7. The normalized spacial score (nSPS) is 18.9. The van der Waals surface area contributed by atoms with Gasteiger partial charge in [0.25, 0.3) is 11.7 Å². The Balaban J connectivity index is 2.14. The fraction of sp³-hybridized carbons (Fsp3) is 0.238. The number of halogens is 1. The number of ketones is 1. The van der Waals surface area contributed by atoms with Gasteiger partial charge in [0, 0.05) is 23.2 Å². The number of carbonyl (C=O) groups is 2. The van der Waals surface area contributed by atoms with Crippen LogP contribution in [-0.2, 0) is 9.59 Å². The van der Waals surface area contributed by atoms with Crippen LogP contribution in [0.15, 0.2) is 58.6 Å². The van der Waals surface area contributed by atoms with Crippen molar-refractivity contribution in [2.24, 2.45) is 0 Å². The number of aliphatic hydroxyl groups excluding tert-OH is 2. The molecule has 0 saturated carbocycles. The molecule has 140 valence electrons. The van der Waals surface area contributed by atoms with Gasteiger partial charge in [-0.25, -0.2) is 0 Å². The van der Waals surface area contributed by atoms with E-state index in [-0.39, 0.29) is 24.5 Å². The quantitative estimate of drug-likeness (QED) is 0.432. The summed E-state index contributed by atoms with van der Waals surface area (Å²) in [5, 5.41) is 20.0. The molecule has 5 nitrogen and oxygen atoms in total. The van der Waals surface area contributed by atoms with E-state index in [9.17, 15) is 14.7 Å². The summed E-state index contributed by atoms with van der Waals surface area (Å²) in [6.07, 6.45) is 0.352. The number of hydrogen-bond acceptors (Lipinski definition) is 4. The van der Waals surface area contributed by atoms with E-state index in [2.05, 4.69) is 15.9 Å². The third-order valence-corrected chi connectivity index (χ3v) is 5.14. The number of carbonyl (C=O) groups excluding carboxylic acids is 2. The molecule has 1 fully saturated rings. The Bertz CT molecular complexity index is 887. The van der Waals surface area contributed by atoms with Gasteiger partial charge in [-0.1, -0.05) is 57.9 Å². The number of rotatable bonds is 5. The first kappa shape index (κ1) is 19.3. The second-order valence-corrected chi connectivity index (χ2v) is 7.40. The molecule has 0 spiro atoms. The lowest BCUT2D eigenvalue weighted by Gasteiger charge is -2.25. The standard InChI is InChI=1S/C21H20BrNO4/c1-13-3-5-15(6-4-13)19(25)17-18(14-7-9-16(22)10-8-14)23(11-2-12-24)21(27)20(17)26/h3-10,18,24-25H,2,11-12H2,1H3/b19-17+/t18-/m1/s1. The van der Waals surface area contributed by atoms with E-state index in [0.29, 0.717) is 12.0 Å². The van der Waals surface area contributed by atoms with Gasteiger partial charge in [0.05, 0.1) is 11.6 Å². The van der Waals surface area contributed by atoms with Crippen molar-refractivity contribution in [1.29, 1.82) is 0 Å². The highest BCUT2D eigenvalue weighted by Gasteiger charge is 2.45. The van der Waals surface area contributed by atoms with Gasteiger partial charge < -0.3 is 15.1 Å². The average Bonchev–Trinajstić information content (AvgIpc) is 2.91. The molecule has 1 amide bonds. The van der Waals surface area contributed by atoms with Crippen LogP contribution in [0.25, 0.3) is 5.76 Å². The van der Waals surface area contributed by atoms with Crippen molar-refractivity contribution in [1.82, 2.24) is 4.90 Å². The lowest BCUT2D eigenvalue weighted by atomic mass is 9.95. The molecule has 2 aromatic carbocycles. The first-order valence-corrected chi connectivity index (χ1v) is 9.45. The highest BCUT2D eigenvalue weighted by Crippen LogP contribution is 2.39. The van der Waals surface area contributed by atoms with Crippen molar-refractivity contribution >= 4 is 33.4 Å². The maximum atomic E-state index is 12.7. The van der Waals surface area contributed by atoms with Crippen LogP contribution in [0, 0.1) is 6.92 Å². The van der Waals surface area contributed by atoms with Crippen LogP contribution in [0.5, 0.6) is 0 Å². The molecular formula is C21H20BrNO4. The predicted molar refractivity (Wildman–Crippen MR) is 106 cm³/mol. The smallest absolute Gasteiger partial charge is 0.295 e. The number of benzene rings is 2. The minimum atomic E-state index is -0.709. The summed E-state index contributed by atoms with van der Waals surface area (Å²) in [7, 11) is 0. The Kier molecular flexibility index (Phi) is 5.77. The number of hydrogen-bond donors (Lipinski definition) is 2. The lowest BCUT2D eigenvalue weighted by Crippen LogP contribution is -2.31. The predicted octanol–water partition coefficient (Wildman–Crippen LogP) is 3.56. The summed E-state index contributed by atoms with van der Waals surface area (Å²) >= 11 is 3.38. The van der Waals surface area contributed by atoms with Crippen LogP contribution in [-0.4, -0.2) is 40.0 Å². The summed E-state index contributed by atoms with van der Waals surface area (Å²) in [6, 6.07) is 13.7. The van der Waals surface area contributed by atoms with Gasteiger partial charge >= 0.3 is 0 Å². The van der Waals surface area contributed by atoms with Crippen molar-refractivity contribution in [2.45, 2.75) is 19.4 Å². The fourth-order valence-electron chi connectivity index (χ4n) is 3.21. The van der Waals surface area contributed by atoms with Crippen LogP contribution in [0.3, 0.4) is 0 Å². The molecule has 0 bridgehead atoms. The number of amides is 1. The molecule has 2 aromatic rings. The first-order valence-electron chi connectivity index (χ1n) is 8.66. The highest BCUT2D eigenvalue weighted by molar-refractivity contribution is 9.10.